The van der Waals surface area contributed by atoms with Gasteiger partial charge in [0.1, 0.15) is 11.0 Å². The predicted octanol–water partition coefficient (Wildman–Crippen LogP) is 3.47. The van der Waals surface area contributed by atoms with Gasteiger partial charge in [-0.1, -0.05) is 22.9 Å². The van der Waals surface area contributed by atoms with Crippen LogP contribution in [0.25, 0.3) is 0 Å². The average Bonchev–Trinajstić information content (AvgIpc) is 2.64. The van der Waals surface area contributed by atoms with Crippen molar-refractivity contribution in [1.82, 2.24) is 0 Å². The monoisotopic (exact) mass is 371 g/mol. The van der Waals surface area contributed by atoms with Crippen LogP contribution >= 0.6 is 0 Å². The van der Waals surface area contributed by atoms with Gasteiger partial charge in [0.15, 0.2) is 5.71 Å². The number of oxime groups is 1. The lowest BCUT2D eigenvalue weighted by Crippen LogP contribution is -2.21. The zero-order valence-corrected chi connectivity index (χ0v) is 15.8. The van der Waals surface area contributed by atoms with Crippen molar-refractivity contribution in [3.05, 3.63) is 59.7 Å². The van der Waals surface area contributed by atoms with Crippen LogP contribution < -0.4 is 4.90 Å². The Morgan fingerprint density at radius 2 is 1.65 bits per heavy atom. The van der Waals surface area contributed by atoms with Crippen LogP contribution in [0.4, 0.5) is 5.69 Å². The van der Waals surface area contributed by atoms with E-state index in [0.717, 1.165) is 24.3 Å². The van der Waals surface area contributed by atoms with Gasteiger partial charge in [-0.3, -0.25) is 4.28 Å². The molecule has 2 aromatic carbocycles. The summed E-state index contributed by atoms with van der Waals surface area (Å²) in [5, 5.41) is 12.8. The van der Waals surface area contributed by atoms with Crippen LogP contribution in [0.1, 0.15) is 25.0 Å². The highest BCUT2D eigenvalue weighted by atomic mass is 32.2. The van der Waals surface area contributed by atoms with Crippen molar-refractivity contribution in [3.8, 4) is 6.07 Å². The number of rotatable bonds is 7. The molecule has 0 amide bonds. The highest BCUT2D eigenvalue weighted by Crippen LogP contribution is 2.17. The number of benzene rings is 2. The quantitative estimate of drug-likeness (QED) is 0.550. The molecule has 0 spiro atoms. The summed E-state index contributed by atoms with van der Waals surface area (Å²) in [6.07, 6.45) is 0. The van der Waals surface area contributed by atoms with E-state index < -0.39 is 10.1 Å². The van der Waals surface area contributed by atoms with Crippen LogP contribution in [-0.2, 0) is 14.4 Å². The van der Waals surface area contributed by atoms with Crippen LogP contribution in [0.15, 0.2) is 58.6 Å². The Morgan fingerprint density at radius 3 is 2.15 bits per heavy atom. The molecule has 0 N–H and O–H groups in total. The Balaban J connectivity index is 2.22. The Labute approximate surface area is 154 Å². The van der Waals surface area contributed by atoms with E-state index in [9.17, 15) is 13.7 Å². The van der Waals surface area contributed by atoms with Crippen molar-refractivity contribution < 1.29 is 12.7 Å². The molecular weight excluding hydrogens is 350 g/mol. The molecule has 0 bridgehead atoms. The first kappa shape index (κ1) is 19.5. The molecule has 26 heavy (non-hydrogen) atoms. The summed E-state index contributed by atoms with van der Waals surface area (Å²) in [6.45, 7) is 7.71. The van der Waals surface area contributed by atoms with E-state index in [2.05, 4.69) is 23.9 Å². The van der Waals surface area contributed by atoms with E-state index in [1.807, 2.05) is 25.1 Å². The lowest BCUT2D eigenvalue weighted by Gasteiger charge is -2.20. The minimum atomic E-state index is -4.07. The Hall–Kier alpha value is -2.85. The minimum Gasteiger partial charge on any atom is -0.372 e. The molecular formula is C19H21N3O3S. The molecule has 0 aromatic heterocycles. The van der Waals surface area contributed by atoms with Crippen LogP contribution in [0.3, 0.4) is 0 Å². The Bertz CT molecular complexity index is 908. The molecule has 2 rings (SSSR count). The summed E-state index contributed by atoms with van der Waals surface area (Å²) in [6, 6.07) is 15.2. The lowest BCUT2D eigenvalue weighted by molar-refractivity contribution is 0.339. The first-order chi connectivity index (χ1) is 12.4. The number of hydrogen-bond donors (Lipinski definition) is 0. The molecule has 6 nitrogen and oxygen atoms in total. The van der Waals surface area contributed by atoms with Gasteiger partial charge in [0.2, 0.25) is 0 Å². The molecule has 2 aromatic rings. The minimum absolute atomic E-state index is 0.0129. The van der Waals surface area contributed by atoms with Gasteiger partial charge < -0.3 is 4.90 Å². The predicted molar refractivity (Wildman–Crippen MR) is 102 cm³/mol. The molecule has 0 saturated heterocycles. The fourth-order valence-corrected chi connectivity index (χ4v) is 3.12. The van der Waals surface area contributed by atoms with Gasteiger partial charge >= 0.3 is 10.1 Å². The second-order valence-electron chi connectivity index (χ2n) is 5.61. The third kappa shape index (κ3) is 4.61. The SMILES string of the molecule is CCN(CC)c1ccc(/C(C#N)=N/OS(=O)(=O)c2ccc(C)cc2)cc1. The molecule has 0 atom stereocenters. The number of aryl methyl sites for hydroxylation is 1. The first-order valence-electron chi connectivity index (χ1n) is 8.25. The molecule has 0 heterocycles. The van der Waals surface area contributed by atoms with Crippen molar-refractivity contribution in [3.63, 3.8) is 0 Å². The fraction of sp³-hybridized carbons (Fsp3) is 0.263. The van der Waals surface area contributed by atoms with Gasteiger partial charge in [-0.15, -0.1) is 0 Å². The number of hydrogen-bond acceptors (Lipinski definition) is 6. The van der Waals surface area contributed by atoms with E-state index in [4.69, 9.17) is 4.28 Å². The van der Waals surface area contributed by atoms with Gasteiger partial charge in [-0.05, 0) is 57.2 Å². The van der Waals surface area contributed by atoms with Gasteiger partial charge in [0.05, 0.1) is 0 Å². The molecule has 136 valence electrons. The maximum absolute atomic E-state index is 12.2. The highest BCUT2D eigenvalue weighted by molar-refractivity contribution is 7.86. The van der Waals surface area contributed by atoms with Crippen molar-refractivity contribution in [1.29, 1.82) is 5.26 Å². The van der Waals surface area contributed by atoms with Gasteiger partial charge in [-0.2, -0.15) is 13.7 Å². The molecule has 0 unspecified atom stereocenters. The maximum Gasteiger partial charge on any atom is 0.358 e. The highest BCUT2D eigenvalue weighted by Gasteiger charge is 2.16. The zero-order chi connectivity index (χ0) is 19.2. The van der Waals surface area contributed by atoms with Gasteiger partial charge in [0, 0.05) is 24.3 Å². The largest absolute Gasteiger partial charge is 0.372 e. The second-order valence-corrected chi connectivity index (χ2v) is 7.14. The van der Waals surface area contributed by atoms with Crippen molar-refractivity contribution >= 4 is 21.5 Å². The zero-order valence-electron chi connectivity index (χ0n) is 15.0. The third-order valence-corrected chi connectivity index (χ3v) is 5.03. The van der Waals surface area contributed by atoms with Gasteiger partial charge in [-0.25, -0.2) is 0 Å². The summed E-state index contributed by atoms with van der Waals surface area (Å²) < 4.78 is 29.1. The van der Waals surface area contributed by atoms with Crippen LogP contribution in [0, 0.1) is 18.3 Å². The molecule has 0 fully saturated rings. The van der Waals surface area contributed by atoms with Crippen LogP contribution in [-0.4, -0.2) is 27.2 Å². The number of nitrogens with zero attached hydrogens (tertiary/aromatic N) is 3. The molecule has 0 radical (unpaired) electrons. The summed E-state index contributed by atoms with van der Waals surface area (Å²) in [5.41, 5.74) is 2.33. The molecule has 0 aliphatic heterocycles. The summed E-state index contributed by atoms with van der Waals surface area (Å²) in [4.78, 5) is 2.15. The number of anilines is 1. The maximum atomic E-state index is 12.2. The topological polar surface area (TPSA) is 82.8 Å². The first-order valence-corrected chi connectivity index (χ1v) is 9.66. The second kappa shape index (κ2) is 8.50. The summed E-state index contributed by atoms with van der Waals surface area (Å²) >= 11 is 0. The van der Waals surface area contributed by atoms with Crippen molar-refractivity contribution in [2.45, 2.75) is 25.7 Å². The standard InChI is InChI=1S/C19H21N3O3S/c1-4-22(5-2)17-10-8-16(9-11-17)19(14-20)21-25-26(23,24)18-12-6-15(3)7-13-18/h6-13H,4-5H2,1-3H3/b21-19+. The van der Waals surface area contributed by atoms with E-state index in [1.54, 1.807) is 24.3 Å². The molecule has 7 heteroatoms. The third-order valence-electron chi connectivity index (χ3n) is 3.91. The smallest absolute Gasteiger partial charge is 0.358 e. The normalized spacial score (nSPS) is 11.7. The van der Waals surface area contributed by atoms with Crippen LogP contribution in [0.5, 0.6) is 0 Å². The lowest BCUT2D eigenvalue weighted by atomic mass is 10.1. The number of nitriles is 1. The van der Waals surface area contributed by atoms with E-state index in [1.165, 1.54) is 12.1 Å². The molecule has 0 aliphatic rings. The Kier molecular flexibility index (Phi) is 6.36. The Morgan fingerprint density at radius 1 is 1.08 bits per heavy atom. The van der Waals surface area contributed by atoms with Gasteiger partial charge in [0.25, 0.3) is 0 Å². The molecule has 0 saturated carbocycles. The fourth-order valence-electron chi connectivity index (χ4n) is 2.39. The molecule has 0 aliphatic carbocycles. The van der Waals surface area contributed by atoms with E-state index in [-0.39, 0.29) is 10.6 Å². The van der Waals surface area contributed by atoms with E-state index >= 15 is 0 Å². The van der Waals surface area contributed by atoms with Crippen molar-refractivity contribution in [2.24, 2.45) is 5.16 Å². The van der Waals surface area contributed by atoms with Crippen LogP contribution in [0.2, 0.25) is 0 Å². The summed E-state index contributed by atoms with van der Waals surface area (Å²) in [5.74, 6) is 0. The average molecular weight is 371 g/mol. The summed E-state index contributed by atoms with van der Waals surface area (Å²) in [7, 11) is -4.07. The van der Waals surface area contributed by atoms with E-state index in [0.29, 0.717) is 5.56 Å². The van der Waals surface area contributed by atoms with Crippen molar-refractivity contribution in [2.75, 3.05) is 18.0 Å².